The number of rotatable bonds is 5. The third-order valence-corrected chi connectivity index (χ3v) is 8.28. The Hall–Kier alpha value is -5.78. The number of fused-ring (bicyclic) bond motifs is 2. The Labute approximate surface area is 257 Å². The number of cyclic esters (lactones) is 2. The van der Waals surface area contributed by atoms with E-state index < -0.39 is 19.4 Å². The summed E-state index contributed by atoms with van der Waals surface area (Å²) in [4.78, 5) is 40.9. The molecule has 0 amide bonds. The van der Waals surface area contributed by atoms with Crippen molar-refractivity contribution in [2.24, 2.45) is 0 Å². The molecule has 4 heterocycles. The summed E-state index contributed by atoms with van der Waals surface area (Å²) in [5.74, 6) is -1.33. The van der Waals surface area contributed by atoms with Gasteiger partial charge in [-0.15, -0.1) is 0 Å². The fourth-order valence-electron chi connectivity index (χ4n) is 4.15. The molecule has 2 aromatic carbocycles. The summed E-state index contributed by atoms with van der Waals surface area (Å²) in [5.41, 5.74) is 4.11. The second kappa shape index (κ2) is 14.6. The van der Waals surface area contributed by atoms with E-state index in [0.717, 1.165) is 11.1 Å². The lowest BCUT2D eigenvalue weighted by Crippen LogP contribution is -2.03. The Morgan fingerprint density at radius 3 is 1.96 bits per heavy atom. The Balaban J connectivity index is 0.000000161. The van der Waals surface area contributed by atoms with Gasteiger partial charge in [0.25, 0.3) is 0 Å². The van der Waals surface area contributed by atoms with E-state index in [1.807, 2.05) is 24.3 Å². The lowest BCUT2D eigenvalue weighted by atomic mass is 10.1. The quantitative estimate of drug-likeness (QED) is 0.150. The van der Waals surface area contributed by atoms with Crippen LogP contribution >= 0.6 is 7.60 Å². The maximum Gasteiger partial charge on any atom is 0.375 e. The SMILES string of the molecule is COP(=O)(OC)C1OC(=O)c2ccccc21.N#Cc1cc(/C=C2\OC(=O)c3ccccc32)ccn1.N#Cc1cc(C=O)ccn1. The molecule has 2 aromatic heterocycles. The van der Waals surface area contributed by atoms with Gasteiger partial charge >= 0.3 is 19.5 Å². The minimum absolute atomic E-state index is 0.268. The highest BCUT2D eigenvalue weighted by atomic mass is 31.2. The van der Waals surface area contributed by atoms with Crippen LogP contribution in [0.1, 0.15) is 65.0 Å². The highest BCUT2D eigenvalue weighted by molar-refractivity contribution is 7.54. The van der Waals surface area contributed by atoms with Gasteiger partial charge in [-0.2, -0.15) is 10.5 Å². The first-order valence-corrected chi connectivity index (χ1v) is 14.6. The van der Waals surface area contributed by atoms with Crippen molar-refractivity contribution in [3.63, 3.8) is 0 Å². The monoisotopic (exact) mass is 622 g/mol. The maximum atomic E-state index is 12.1. The van der Waals surface area contributed by atoms with Crippen LogP contribution in [0.4, 0.5) is 0 Å². The van der Waals surface area contributed by atoms with Crippen molar-refractivity contribution in [1.82, 2.24) is 9.97 Å². The van der Waals surface area contributed by atoms with Crippen molar-refractivity contribution in [3.8, 4) is 12.1 Å². The van der Waals surface area contributed by atoms with E-state index in [4.69, 9.17) is 29.0 Å². The molecule has 0 saturated heterocycles. The van der Waals surface area contributed by atoms with E-state index in [9.17, 15) is 18.9 Å². The summed E-state index contributed by atoms with van der Waals surface area (Å²) in [7, 11) is -0.916. The number of hydrogen-bond acceptors (Lipinski definition) is 12. The van der Waals surface area contributed by atoms with Gasteiger partial charge in [0.15, 0.2) is 0 Å². The first-order chi connectivity index (χ1) is 21.8. The molecule has 12 nitrogen and oxygen atoms in total. The van der Waals surface area contributed by atoms with Crippen LogP contribution in [0.3, 0.4) is 0 Å². The highest BCUT2D eigenvalue weighted by Crippen LogP contribution is 2.62. The van der Waals surface area contributed by atoms with Gasteiger partial charge < -0.3 is 18.5 Å². The van der Waals surface area contributed by atoms with Crippen LogP contribution in [0.2, 0.25) is 0 Å². The van der Waals surface area contributed by atoms with Crippen molar-refractivity contribution in [3.05, 3.63) is 130 Å². The zero-order valence-corrected chi connectivity index (χ0v) is 24.7. The molecule has 0 bridgehead atoms. The van der Waals surface area contributed by atoms with Gasteiger partial charge in [-0.25, -0.2) is 19.6 Å². The van der Waals surface area contributed by atoms with Crippen LogP contribution in [0, 0.1) is 22.7 Å². The van der Waals surface area contributed by atoms with Gasteiger partial charge in [-0.1, -0.05) is 36.4 Å². The number of benzene rings is 2. The van der Waals surface area contributed by atoms with Crippen molar-refractivity contribution < 1.29 is 37.5 Å². The Bertz CT molecular complexity index is 1920. The predicted molar refractivity (Wildman–Crippen MR) is 159 cm³/mol. The third kappa shape index (κ3) is 7.42. The summed E-state index contributed by atoms with van der Waals surface area (Å²) in [6, 6.07) is 24.1. The molecule has 224 valence electrons. The molecule has 45 heavy (non-hydrogen) atoms. The van der Waals surface area contributed by atoms with Gasteiger partial charge in [0.2, 0.25) is 5.85 Å². The average Bonchev–Trinajstić information content (AvgIpc) is 3.61. The number of nitriles is 2. The molecule has 0 radical (unpaired) electrons. The van der Waals surface area contributed by atoms with Gasteiger partial charge in [-0.3, -0.25) is 9.36 Å². The van der Waals surface area contributed by atoms with E-state index in [-0.39, 0.29) is 11.7 Å². The second-order valence-electron chi connectivity index (χ2n) is 8.98. The summed E-state index contributed by atoms with van der Waals surface area (Å²) in [6.45, 7) is 0. The summed E-state index contributed by atoms with van der Waals surface area (Å²) in [6.07, 6.45) is 5.39. The zero-order valence-electron chi connectivity index (χ0n) is 23.8. The summed E-state index contributed by atoms with van der Waals surface area (Å²) >= 11 is 0. The second-order valence-corrected chi connectivity index (χ2v) is 11.3. The number of nitrogens with zero attached hydrogens (tertiary/aromatic N) is 4. The van der Waals surface area contributed by atoms with E-state index in [2.05, 4.69) is 9.97 Å². The summed E-state index contributed by atoms with van der Waals surface area (Å²) < 4.78 is 32.1. The molecule has 6 rings (SSSR count). The number of aldehydes is 1. The van der Waals surface area contributed by atoms with Gasteiger partial charge in [0.05, 0.1) is 11.1 Å². The smallest absolute Gasteiger partial charge is 0.375 e. The minimum atomic E-state index is -3.44. The summed E-state index contributed by atoms with van der Waals surface area (Å²) in [5, 5.41) is 17.1. The number of aromatic nitrogens is 2. The highest BCUT2D eigenvalue weighted by Gasteiger charge is 2.45. The Morgan fingerprint density at radius 1 is 0.800 bits per heavy atom. The number of pyridine rings is 2. The van der Waals surface area contributed by atoms with Gasteiger partial charge in [0.1, 0.15) is 35.6 Å². The lowest BCUT2D eigenvalue weighted by molar-refractivity contribution is 0.0456. The molecular formula is C32H23N4O8P. The van der Waals surface area contributed by atoms with Crippen LogP contribution < -0.4 is 0 Å². The first-order valence-electron chi connectivity index (χ1n) is 13.0. The molecule has 13 heteroatoms. The number of ether oxygens (including phenoxy) is 2. The van der Waals surface area contributed by atoms with E-state index in [0.29, 0.717) is 40.0 Å². The third-order valence-electron chi connectivity index (χ3n) is 6.31. The molecule has 2 aliphatic heterocycles. The first kappa shape index (κ1) is 32.1. The minimum Gasteiger partial charge on any atom is -0.441 e. The molecule has 1 unspecified atom stereocenters. The molecule has 0 spiro atoms. The molecule has 2 aliphatic rings. The Kier molecular flexibility index (Phi) is 10.4. The molecule has 4 aromatic rings. The van der Waals surface area contributed by atoms with Crippen LogP contribution in [0.25, 0.3) is 11.8 Å². The molecular weight excluding hydrogens is 599 g/mol. The number of esters is 2. The average molecular weight is 623 g/mol. The predicted octanol–water partition coefficient (Wildman–Crippen LogP) is 5.73. The fourth-order valence-corrected chi connectivity index (χ4v) is 5.47. The van der Waals surface area contributed by atoms with Crippen LogP contribution in [-0.4, -0.2) is 42.4 Å². The van der Waals surface area contributed by atoms with Crippen LogP contribution in [0.5, 0.6) is 0 Å². The standard InChI is InChI=1S/C15H8N2O2.C10H11O5P.C7H4N2O/c16-9-11-7-10(5-6-17-11)8-14-12-3-1-2-4-13(12)15(18)19-14;1-13-16(12,14-2)10-8-6-4-3-5-7(8)9(11)15-10;8-4-7-3-6(5-10)1-2-9-7/h1-8H;3-6,10H,1-2H3;1-3,5H/b14-8-;;. The van der Waals surface area contributed by atoms with Gasteiger partial charge in [-0.05, 0) is 48.0 Å². The van der Waals surface area contributed by atoms with Crippen molar-refractivity contribution in [1.29, 1.82) is 10.5 Å². The maximum absolute atomic E-state index is 12.1. The molecule has 0 aliphatic carbocycles. The number of carbonyl (C=O) groups excluding carboxylic acids is 3. The van der Waals surface area contributed by atoms with E-state index in [1.54, 1.807) is 66.9 Å². The fraction of sp³-hybridized carbons (Fsp3) is 0.0938. The largest absolute Gasteiger partial charge is 0.441 e. The molecule has 0 saturated carbocycles. The zero-order chi connectivity index (χ0) is 32.4. The molecule has 0 N–H and O–H groups in total. The van der Waals surface area contributed by atoms with E-state index in [1.165, 1.54) is 26.5 Å². The van der Waals surface area contributed by atoms with Crippen LogP contribution in [0.15, 0.2) is 85.2 Å². The van der Waals surface area contributed by atoms with Gasteiger partial charge in [0, 0.05) is 43.3 Å². The Morgan fingerprint density at radius 2 is 1.36 bits per heavy atom. The molecule has 0 fully saturated rings. The van der Waals surface area contributed by atoms with Crippen molar-refractivity contribution in [2.75, 3.05) is 14.2 Å². The number of carbonyl (C=O) groups is 3. The number of hydrogen-bond donors (Lipinski definition) is 0. The van der Waals surface area contributed by atoms with Crippen LogP contribution in [-0.2, 0) is 23.1 Å². The van der Waals surface area contributed by atoms with Crippen molar-refractivity contribution >= 4 is 37.7 Å². The normalized spacial score (nSPS) is 15.0. The lowest BCUT2D eigenvalue weighted by Gasteiger charge is -2.19. The molecule has 1 atom stereocenters. The topological polar surface area (TPSA) is 179 Å². The van der Waals surface area contributed by atoms with E-state index >= 15 is 0 Å². The van der Waals surface area contributed by atoms with Crippen molar-refractivity contribution in [2.45, 2.75) is 5.85 Å².